The maximum absolute atomic E-state index is 11.8. The van der Waals surface area contributed by atoms with Gasteiger partial charge in [0.2, 0.25) is 0 Å². The summed E-state index contributed by atoms with van der Waals surface area (Å²) in [7, 11) is 0. The van der Waals surface area contributed by atoms with Crippen molar-refractivity contribution in [2.24, 2.45) is 0 Å². The SMILES string of the molecule is CCCc1occc1C(=O)NCCOCC(=O)O. The molecule has 0 fully saturated rings. The first-order chi connectivity index (χ1) is 8.65. The number of hydrogen-bond donors (Lipinski definition) is 2. The number of carboxylic acid groups (broad SMARTS) is 1. The maximum Gasteiger partial charge on any atom is 0.329 e. The van der Waals surface area contributed by atoms with Crippen LogP contribution in [0.4, 0.5) is 0 Å². The molecule has 2 N–H and O–H groups in total. The summed E-state index contributed by atoms with van der Waals surface area (Å²) in [5.41, 5.74) is 0.523. The van der Waals surface area contributed by atoms with E-state index in [9.17, 15) is 9.59 Å². The zero-order valence-electron chi connectivity index (χ0n) is 10.3. The van der Waals surface area contributed by atoms with E-state index < -0.39 is 5.97 Å². The molecule has 18 heavy (non-hydrogen) atoms. The third kappa shape index (κ3) is 4.58. The Labute approximate surface area is 105 Å². The largest absolute Gasteiger partial charge is 0.480 e. The van der Waals surface area contributed by atoms with Crippen LogP contribution in [0.1, 0.15) is 29.5 Å². The predicted octanol–water partition coefficient (Wildman–Crippen LogP) is 1.06. The molecule has 0 aliphatic heterocycles. The van der Waals surface area contributed by atoms with Gasteiger partial charge in [0.1, 0.15) is 12.4 Å². The number of furan rings is 1. The van der Waals surface area contributed by atoms with E-state index in [4.69, 9.17) is 14.3 Å². The lowest BCUT2D eigenvalue weighted by Crippen LogP contribution is -2.28. The lowest BCUT2D eigenvalue weighted by Gasteiger charge is -2.05. The van der Waals surface area contributed by atoms with Crippen LogP contribution in [0.3, 0.4) is 0 Å². The number of rotatable bonds is 8. The van der Waals surface area contributed by atoms with Crippen molar-refractivity contribution in [1.82, 2.24) is 5.32 Å². The summed E-state index contributed by atoms with van der Waals surface area (Å²) in [6.07, 6.45) is 3.10. The van der Waals surface area contributed by atoms with Crippen LogP contribution in [0.2, 0.25) is 0 Å². The standard InChI is InChI=1S/C12H17NO5/c1-2-3-10-9(4-6-18-10)12(16)13-5-7-17-8-11(14)15/h4,6H,2-3,5,7-8H2,1H3,(H,13,16)(H,14,15). The third-order valence-electron chi connectivity index (χ3n) is 2.22. The number of ether oxygens (including phenoxy) is 1. The highest BCUT2D eigenvalue weighted by Crippen LogP contribution is 2.12. The second kappa shape index (κ2) is 7.50. The van der Waals surface area contributed by atoms with Crippen molar-refractivity contribution >= 4 is 11.9 Å². The van der Waals surface area contributed by atoms with Crippen molar-refractivity contribution in [2.75, 3.05) is 19.8 Å². The average molecular weight is 255 g/mol. The Hall–Kier alpha value is -1.82. The minimum atomic E-state index is -1.03. The van der Waals surface area contributed by atoms with Crippen LogP contribution in [0, 0.1) is 0 Å². The van der Waals surface area contributed by atoms with Gasteiger partial charge in [-0.25, -0.2) is 4.79 Å². The quantitative estimate of drug-likeness (QED) is 0.678. The summed E-state index contributed by atoms with van der Waals surface area (Å²) in [5.74, 6) is -0.589. The van der Waals surface area contributed by atoms with Gasteiger partial charge in [-0.3, -0.25) is 4.79 Å². The Morgan fingerprint density at radius 3 is 2.94 bits per heavy atom. The Balaban J connectivity index is 2.31. The lowest BCUT2D eigenvalue weighted by molar-refractivity contribution is -0.142. The molecule has 0 aromatic carbocycles. The van der Waals surface area contributed by atoms with Gasteiger partial charge in [0.25, 0.3) is 5.91 Å². The summed E-state index contributed by atoms with van der Waals surface area (Å²) in [5, 5.41) is 11.0. The fourth-order valence-electron chi connectivity index (χ4n) is 1.46. The van der Waals surface area contributed by atoms with Gasteiger partial charge in [-0.2, -0.15) is 0 Å². The molecule has 6 nitrogen and oxygen atoms in total. The summed E-state index contributed by atoms with van der Waals surface area (Å²) in [6, 6.07) is 1.62. The van der Waals surface area contributed by atoms with Crippen LogP contribution in [0.15, 0.2) is 16.7 Å². The van der Waals surface area contributed by atoms with Crippen molar-refractivity contribution in [1.29, 1.82) is 0 Å². The maximum atomic E-state index is 11.8. The molecule has 0 aliphatic carbocycles. The number of aryl methyl sites for hydroxylation is 1. The fourth-order valence-corrected chi connectivity index (χ4v) is 1.46. The first-order valence-electron chi connectivity index (χ1n) is 5.79. The molecule has 1 rings (SSSR count). The smallest absolute Gasteiger partial charge is 0.329 e. The molecular weight excluding hydrogens is 238 g/mol. The minimum absolute atomic E-state index is 0.166. The Kier molecular flexibility index (Phi) is 5.93. The Morgan fingerprint density at radius 1 is 1.50 bits per heavy atom. The number of nitrogens with one attached hydrogen (secondary N) is 1. The van der Waals surface area contributed by atoms with Crippen LogP contribution in [-0.2, 0) is 16.0 Å². The first kappa shape index (κ1) is 14.2. The second-order valence-corrected chi connectivity index (χ2v) is 3.71. The van der Waals surface area contributed by atoms with Gasteiger partial charge in [0, 0.05) is 13.0 Å². The summed E-state index contributed by atoms with van der Waals surface area (Å²) in [6.45, 7) is 2.08. The van der Waals surface area contributed by atoms with E-state index in [0.717, 1.165) is 6.42 Å². The molecule has 0 saturated carbocycles. The normalized spacial score (nSPS) is 10.3. The average Bonchev–Trinajstić information content (AvgIpc) is 2.77. The van der Waals surface area contributed by atoms with Gasteiger partial charge in [-0.05, 0) is 12.5 Å². The number of carbonyl (C=O) groups excluding carboxylic acids is 1. The van der Waals surface area contributed by atoms with E-state index in [-0.39, 0.29) is 25.7 Å². The summed E-state index contributed by atoms with van der Waals surface area (Å²) in [4.78, 5) is 21.9. The highest BCUT2D eigenvalue weighted by molar-refractivity contribution is 5.95. The highest BCUT2D eigenvalue weighted by Gasteiger charge is 2.13. The highest BCUT2D eigenvalue weighted by atomic mass is 16.5. The summed E-state index contributed by atoms with van der Waals surface area (Å²) >= 11 is 0. The molecule has 1 aromatic heterocycles. The van der Waals surface area contributed by atoms with Crippen molar-refractivity contribution in [3.8, 4) is 0 Å². The minimum Gasteiger partial charge on any atom is -0.480 e. The van der Waals surface area contributed by atoms with E-state index in [1.807, 2.05) is 6.92 Å². The van der Waals surface area contributed by atoms with Gasteiger partial charge < -0.3 is 19.6 Å². The topological polar surface area (TPSA) is 88.8 Å². The number of hydrogen-bond acceptors (Lipinski definition) is 4. The van der Waals surface area contributed by atoms with Gasteiger partial charge in [0.05, 0.1) is 18.4 Å². The molecule has 0 spiro atoms. The zero-order chi connectivity index (χ0) is 13.4. The van der Waals surface area contributed by atoms with Crippen molar-refractivity contribution in [3.05, 3.63) is 23.7 Å². The van der Waals surface area contributed by atoms with Crippen LogP contribution in [-0.4, -0.2) is 36.7 Å². The number of carbonyl (C=O) groups is 2. The zero-order valence-corrected chi connectivity index (χ0v) is 10.3. The van der Waals surface area contributed by atoms with Gasteiger partial charge in [-0.15, -0.1) is 0 Å². The van der Waals surface area contributed by atoms with Gasteiger partial charge >= 0.3 is 5.97 Å². The van der Waals surface area contributed by atoms with Crippen LogP contribution in [0.5, 0.6) is 0 Å². The van der Waals surface area contributed by atoms with E-state index in [1.54, 1.807) is 6.07 Å². The molecule has 0 saturated heterocycles. The molecule has 1 amide bonds. The Bertz CT molecular complexity index is 399. The van der Waals surface area contributed by atoms with E-state index in [1.165, 1.54) is 6.26 Å². The molecule has 0 radical (unpaired) electrons. The molecular formula is C12H17NO5. The molecule has 1 aromatic rings. The molecule has 1 heterocycles. The van der Waals surface area contributed by atoms with Crippen LogP contribution < -0.4 is 5.32 Å². The monoisotopic (exact) mass is 255 g/mol. The summed E-state index contributed by atoms with van der Waals surface area (Å²) < 4.78 is 10.0. The molecule has 0 bridgehead atoms. The van der Waals surface area contributed by atoms with Crippen LogP contribution in [0.25, 0.3) is 0 Å². The van der Waals surface area contributed by atoms with Crippen LogP contribution >= 0.6 is 0 Å². The number of aliphatic carboxylic acids is 1. The number of carboxylic acids is 1. The number of amides is 1. The van der Waals surface area contributed by atoms with Crippen molar-refractivity contribution in [3.63, 3.8) is 0 Å². The van der Waals surface area contributed by atoms with E-state index in [0.29, 0.717) is 17.7 Å². The van der Waals surface area contributed by atoms with E-state index >= 15 is 0 Å². The van der Waals surface area contributed by atoms with E-state index in [2.05, 4.69) is 5.32 Å². The third-order valence-corrected chi connectivity index (χ3v) is 2.22. The lowest BCUT2D eigenvalue weighted by atomic mass is 10.1. The second-order valence-electron chi connectivity index (χ2n) is 3.71. The predicted molar refractivity (Wildman–Crippen MR) is 63.5 cm³/mol. The molecule has 0 aliphatic rings. The first-order valence-corrected chi connectivity index (χ1v) is 5.79. The van der Waals surface area contributed by atoms with Gasteiger partial charge in [0.15, 0.2) is 0 Å². The van der Waals surface area contributed by atoms with Gasteiger partial charge in [-0.1, -0.05) is 6.92 Å². The molecule has 0 atom stereocenters. The Morgan fingerprint density at radius 2 is 2.28 bits per heavy atom. The molecule has 6 heteroatoms. The van der Waals surface area contributed by atoms with Crippen molar-refractivity contribution < 1.29 is 23.8 Å². The molecule has 100 valence electrons. The van der Waals surface area contributed by atoms with Crippen molar-refractivity contribution in [2.45, 2.75) is 19.8 Å². The molecule has 0 unspecified atom stereocenters. The fraction of sp³-hybridized carbons (Fsp3) is 0.500.